The summed E-state index contributed by atoms with van der Waals surface area (Å²) >= 11 is 1.39. The van der Waals surface area contributed by atoms with Crippen LogP contribution in [0.5, 0.6) is 0 Å². The van der Waals surface area contributed by atoms with Crippen LogP contribution in [0.25, 0.3) is 0 Å². The molecule has 2 aliphatic carbocycles. The SMILES string of the molecule is COC(=O)/C=C/CC[C@H](NC(=O)Cc1ccncc1C(=O)O)C(=O)N[C@@H](CCSC)C(=O)N1CC(=O)C[C@H]1C(=O)N[C@H](C(=O)N[C@H](C(N)=O)C1CCCCC1)C1CCCCC1. The van der Waals surface area contributed by atoms with Crippen molar-refractivity contribution in [1.82, 2.24) is 31.2 Å². The van der Waals surface area contributed by atoms with Crippen molar-refractivity contribution in [2.75, 3.05) is 25.7 Å². The van der Waals surface area contributed by atoms with E-state index in [1.807, 2.05) is 0 Å². The number of aromatic nitrogens is 1. The molecule has 1 saturated heterocycles. The van der Waals surface area contributed by atoms with Crippen LogP contribution in [0.2, 0.25) is 0 Å². The first-order valence-corrected chi connectivity index (χ1v) is 22.3. The second kappa shape index (κ2) is 24.2. The van der Waals surface area contributed by atoms with Crippen LogP contribution in [0.4, 0.5) is 0 Å². The van der Waals surface area contributed by atoms with E-state index in [1.54, 1.807) is 6.26 Å². The average Bonchev–Trinajstić information content (AvgIpc) is 3.65. The molecular formula is C42H59N7O11S. The Morgan fingerprint density at radius 2 is 1.56 bits per heavy atom. The van der Waals surface area contributed by atoms with E-state index in [9.17, 15) is 48.3 Å². The first-order valence-electron chi connectivity index (χ1n) is 21.0. The van der Waals surface area contributed by atoms with Gasteiger partial charge in [0, 0.05) is 24.9 Å². The third-order valence-corrected chi connectivity index (χ3v) is 12.2. The Morgan fingerprint density at radius 3 is 2.16 bits per heavy atom. The van der Waals surface area contributed by atoms with Crippen molar-refractivity contribution in [2.45, 2.75) is 127 Å². The average molecular weight is 870 g/mol. The number of amides is 6. The highest BCUT2D eigenvalue weighted by Crippen LogP contribution is 2.30. The molecule has 5 atom stereocenters. The maximum atomic E-state index is 14.3. The fraction of sp³-hybridized carbons (Fsp3) is 0.619. The van der Waals surface area contributed by atoms with Gasteiger partial charge in [0.05, 0.1) is 25.6 Å². The number of aromatic carboxylic acids is 1. The highest BCUT2D eigenvalue weighted by molar-refractivity contribution is 7.98. The highest BCUT2D eigenvalue weighted by Gasteiger charge is 2.44. The van der Waals surface area contributed by atoms with Crippen LogP contribution in [0.1, 0.15) is 106 Å². The van der Waals surface area contributed by atoms with Crippen molar-refractivity contribution in [3.05, 3.63) is 41.7 Å². The van der Waals surface area contributed by atoms with E-state index in [0.29, 0.717) is 18.6 Å². The molecule has 61 heavy (non-hydrogen) atoms. The molecule has 4 rings (SSSR count). The third kappa shape index (κ3) is 14.4. The number of pyridine rings is 1. The molecule has 6 amide bonds. The van der Waals surface area contributed by atoms with E-state index in [1.165, 1.54) is 37.2 Å². The Balaban J connectivity index is 1.53. The van der Waals surface area contributed by atoms with Crippen molar-refractivity contribution in [1.29, 1.82) is 0 Å². The summed E-state index contributed by atoms with van der Waals surface area (Å²) in [5.41, 5.74) is 5.74. The monoisotopic (exact) mass is 869 g/mol. The van der Waals surface area contributed by atoms with Crippen molar-refractivity contribution in [2.24, 2.45) is 17.6 Å². The van der Waals surface area contributed by atoms with Crippen molar-refractivity contribution >= 4 is 64.9 Å². The minimum absolute atomic E-state index is 0.0359. The van der Waals surface area contributed by atoms with E-state index in [4.69, 9.17) is 5.73 Å². The van der Waals surface area contributed by atoms with Crippen LogP contribution in [-0.4, -0.2) is 124 Å². The topological polar surface area (TPSA) is 273 Å². The fourth-order valence-corrected chi connectivity index (χ4v) is 8.81. The Hall–Kier alpha value is -5.33. The lowest BCUT2D eigenvalue weighted by Crippen LogP contribution is -2.60. The number of hydrogen-bond donors (Lipinski definition) is 6. The predicted octanol–water partition coefficient (Wildman–Crippen LogP) is 1.34. The van der Waals surface area contributed by atoms with Crippen molar-refractivity contribution < 1.29 is 53.0 Å². The number of esters is 1. The number of methoxy groups -OCH3 is 1. The van der Waals surface area contributed by atoms with Gasteiger partial charge in [-0.15, -0.1) is 0 Å². The quantitative estimate of drug-likeness (QED) is 0.0753. The molecule has 2 heterocycles. The third-order valence-electron chi connectivity index (χ3n) is 11.6. The van der Waals surface area contributed by atoms with Crippen molar-refractivity contribution in [3.63, 3.8) is 0 Å². The highest BCUT2D eigenvalue weighted by atomic mass is 32.2. The Bertz CT molecular complexity index is 1800. The van der Waals surface area contributed by atoms with E-state index in [0.717, 1.165) is 68.5 Å². The number of carbonyl (C=O) groups is 9. The normalized spacial score (nSPS) is 19.3. The number of nitrogens with one attached hydrogen (secondary N) is 4. The lowest BCUT2D eigenvalue weighted by Gasteiger charge is -2.35. The predicted molar refractivity (Wildman–Crippen MR) is 223 cm³/mol. The minimum atomic E-state index is -1.29. The van der Waals surface area contributed by atoms with Gasteiger partial charge in [-0.2, -0.15) is 11.8 Å². The van der Waals surface area contributed by atoms with Crippen LogP contribution in [0, 0.1) is 11.8 Å². The maximum absolute atomic E-state index is 14.3. The molecule has 1 aromatic heterocycles. The van der Waals surface area contributed by atoms with E-state index < -0.39 is 96.3 Å². The summed E-state index contributed by atoms with van der Waals surface area (Å²) in [6.45, 7) is -0.412. The zero-order chi connectivity index (χ0) is 44.5. The Labute approximate surface area is 359 Å². The first kappa shape index (κ1) is 48.3. The number of ether oxygens (including phenoxy) is 1. The smallest absolute Gasteiger partial charge is 0.337 e. The van der Waals surface area contributed by atoms with Crippen LogP contribution < -0.4 is 27.0 Å². The summed E-state index contributed by atoms with van der Waals surface area (Å²) in [4.78, 5) is 124. The molecule has 1 aromatic rings. The number of nitrogens with zero attached hydrogens (tertiary/aromatic N) is 2. The molecule has 0 unspecified atom stereocenters. The number of ketones is 1. The summed E-state index contributed by atoms with van der Waals surface area (Å²) in [7, 11) is 1.20. The van der Waals surface area contributed by atoms with E-state index in [-0.39, 0.29) is 48.6 Å². The molecule has 18 nitrogen and oxygen atoms in total. The summed E-state index contributed by atoms with van der Waals surface area (Å²) in [5, 5.41) is 20.6. The molecule has 3 fully saturated rings. The number of likely N-dealkylation sites (tertiary alicyclic amines) is 1. The van der Waals surface area contributed by atoms with E-state index >= 15 is 0 Å². The molecule has 0 radical (unpaired) electrons. The fourth-order valence-electron chi connectivity index (χ4n) is 8.34. The van der Waals surface area contributed by atoms with Gasteiger partial charge in [0.1, 0.15) is 30.2 Å². The molecule has 0 bridgehead atoms. The molecule has 0 aromatic carbocycles. The van der Waals surface area contributed by atoms with Gasteiger partial charge in [0.25, 0.3) is 0 Å². The molecule has 1 aliphatic heterocycles. The number of carbonyl (C=O) groups excluding carboxylic acids is 8. The summed E-state index contributed by atoms with van der Waals surface area (Å²) in [6, 6.07) is -4.37. The van der Waals surface area contributed by atoms with Gasteiger partial charge in [0.2, 0.25) is 35.4 Å². The maximum Gasteiger partial charge on any atom is 0.337 e. The van der Waals surface area contributed by atoms with Crippen molar-refractivity contribution in [3.8, 4) is 0 Å². The number of primary amides is 1. The number of allylic oxidation sites excluding steroid dienone is 1. The molecule has 19 heteroatoms. The molecule has 334 valence electrons. The van der Waals surface area contributed by atoms with Crippen LogP contribution in [0.15, 0.2) is 30.6 Å². The zero-order valence-corrected chi connectivity index (χ0v) is 35.7. The van der Waals surface area contributed by atoms with Crippen LogP contribution in [0.3, 0.4) is 0 Å². The number of hydrogen-bond acceptors (Lipinski definition) is 12. The van der Waals surface area contributed by atoms with Crippen LogP contribution >= 0.6 is 11.8 Å². The number of thioether (sulfide) groups is 1. The Kier molecular flexibility index (Phi) is 19.2. The summed E-state index contributed by atoms with van der Waals surface area (Å²) < 4.78 is 4.61. The second-order valence-corrected chi connectivity index (χ2v) is 16.9. The molecule has 3 aliphatic rings. The first-order chi connectivity index (χ1) is 29.2. The minimum Gasteiger partial charge on any atom is -0.478 e. The number of carboxylic acid groups (broad SMARTS) is 1. The zero-order valence-electron chi connectivity index (χ0n) is 34.9. The largest absolute Gasteiger partial charge is 0.478 e. The standard InChI is InChI=1S/C42H59N7O11S/c1-60-34(52)16-10-9-15-30(45-33(51)21-27-17-19-44-23-29(27)42(58)59)38(54)46-31(18-20-61-2)41(57)49-24-28(50)22-32(49)39(55)48-36(26-13-7-4-8-14-26)40(56)47-35(37(43)53)25-11-5-3-6-12-25/h10,16-17,19,23,25-26,30-32,35-36H,3-9,11-15,18,20-22,24H2,1-2H3,(H2,43,53)(H,45,51)(H,46,54)(H,47,56)(H,48,55)(H,58,59)/b16-10+/t30-,31-,32-,35-,36-/m0/s1. The van der Waals surface area contributed by atoms with Gasteiger partial charge in [-0.25, -0.2) is 9.59 Å². The number of rotatable bonds is 21. The van der Waals surface area contributed by atoms with Gasteiger partial charge in [-0.3, -0.25) is 38.5 Å². The number of Topliss-reactive ketones (excluding diaryl/α,β-unsaturated/α-hetero) is 1. The lowest BCUT2D eigenvalue weighted by atomic mass is 9.81. The second-order valence-electron chi connectivity index (χ2n) is 15.9. The number of carboxylic acids is 1. The number of nitrogens with two attached hydrogens (primary N) is 1. The van der Waals surface area contributed by atoms with E-state index in [2.05, 4.69) is 31.0 Å². The molecule has 0 spiro atoms. The molecular weight excluding hydrogens is 811 g/mol. The summed E-state index contributed by atoms with van der Waals surface area (Å²) in [6.07, 6.45) is 14.6. The van der Waals surface area contributed by atoms with Gasteiger partial charge < -0.3 is 41.7 Å². The van der Waals surface area contributed by atoms with Gasteiger partial charge in [0.15, 0.2) is 5.78 Å². The molecule has 7 N–H and O–H groups in total. The Morgan fingerprint density at radius 1 is 0.902 bits per heavy atom. The van der Waals surface area contributed by atoms with Gasteiger partial charge >= 0.3 is 11.9 Å². The van der Waals surface area contributed by atoms with Gasteiger partial charge in [-0.1, -0.05) is 44.6 Å². The summed E-state index contributed by atoms with van der Waals surface area (Å²) in [5.74, 6) is -6.39. The molecule has 2 saturated carbocycles. The van der Waals surface area contributed by atoms with Crippen LogP contribution in [-0.2, 0) is 49.5 Å². The lowest BCUT2D eigenvalue weighted by molar-refractivity contribution is -0.143. The van der Waals surface area contributed by atoms with Gasteiger partial charge in [-0.05, 0) is 80.4 Å².